The van der Waals surface area contributed by atoms with E-state index >= 15 is 0 Å². The van der Waals surface area contributed by atoms with Crippen LogP contribution in [0.5, 0.6) is 5.75 Å². The molecule has 0 unspecified atom stereocenters. The number of carbonyl (C=O) groups is 1. The summed E-state index contributed by atoms with van der Waals surface area (Å²) in [7, 11) is 0. The van der Waals surface area contributed by atoms with Crippen molar-refractivity contribution in [1.82, 2.24) is 14.8 Å². The second-order valence-corrected chi connectivity index (χ2v) is 6.70. The van der Waals surface area contributed by atoms with Crippen LogP contribution in [0.1, 0.15) is 11.1 Å². The average molecular weight is 388 g/mol. The maximum atomic E-state index is 10.9. The number of aromatic nitrogens is 1. The second kappa shape index (κ2) is 9.39. The van der Waals surface area contributed by atoms with Crippen LogP contribution in [-0.4, -0.2) is 58.8 Å². The van der Waals surface area contributed by atoms with Crippen molar-refractivity contribution < 1.29 is 14.6 Å². The monoisotopic (exact) mass is 387 g/mol. The van der Waals surface area contributed by atoms with E-state index in [-0.39, 0.29) is 0 Å². The zero-order valence-electron chi connectivity index (χ0n) is 14.9. The van der Waals surface area contributed by atoms with E-state index < -0.39 is 6.09 Å². The van der Waals surface area contributed by atoms with Crippen LogP contribution in [0.3, 0.4) is 0 Å². The lowest BCUT2D eigenvalue weighted by Gasteiger charge is -2.33. The van der Waals surface area contributed by atoms with Crippen LogP contribution >= 0.6 is 11.6 Å². The number of carboxylic acid groups (broad SMARTS) is 1. The van der Waals surface area contributed by atoms with E-state index in [1.807, 2.05) is 12.2 Å². The molecule has 1 saturated heterocycles. The fourth-order valence-electron chi connectivity index (χ4n) is 2.87. The predicted molar refractivity (Wildman–Crippen MR) is 105 cm³/mol. The van der Waals surface area contributed by atoms with Gasteiger partial charge >= 0.3 is 6.09 Å². The van der Waals surface area contributed by atoms with Crippen molar-refractivity contribution in [3.63, 3.8) is 0 Å². The Balaban J connectivity index is 1.43. The van der Waals surface area contributed by atoms with E-state index in [2.05, 4.69) is 34.1 Å². The molecule has 27 heavy (non-hydrogen) atoms. The molecule has 1 aliphatic rings. The highest BCUT2D eigenvalue weighted by Crippen LogP contribution is 2.13. The summed E-state index contributed by atoms with van der Waals surface area (Å²) in [5, 5.41) is 9.44. The summed E-state index contributed by atoms with van der Waals surface area (Å²) in [6, 6.07) is 11.8. The summed E-state index contributed by atoms with van der Waals surface area (Å²) in [6.07, 6.45) is 4.73. The lowest BCUT2D eigenvalue weighted by Crippen LogP contribution is -2.47. The predicted octanol–water partition coefficient (Wildman–Crippen LogP) is 3.62. The normalized spacial score (nSPS) is 15.2. The number of halogens is 1. The van der Waals surface area contributed by atoms with E-state index in [1.165, 1.54) is 10.5 Å². The molecule has 1 aromatic carbocycles. The maximum absolute atomic E-state index is 10.9. The Morgan fingerprint density at radius 3 is 2.52 bits per heavy atom. The number of nitrogens with zero attached hydrogens (tertiary/aromatic N) is 3. The first-order valence-corrected chi connectivity index (χ1v) is 9.18. The van der Waals surface area contributed by atoms with Gasteiger partial charge in [-0.25, -0.2) is 9.78 Å². The van der Waals surface area contributed by atoms with Gasteiger partial charge in [-0.15, -0.1) is 0 Å². The number of benzene rings is 1. The number of ether oxygens (including phenoxy) is 1. The fraction of sp³-hybridized carbons (Fsp3) is 0.300. The molecular formula is C20H22ClN3O3. The van der Waals surface area contributed by atoms with E-state index in [0.717, 1.165) is 25.2 Å². The van der Waals surface area contributed by atoms with Gasteiger partial charge in [-0.05, 0) is 29.3 Å². The molecular weight excluding hydrogens is 366 g/mol. The van der Waals surface area contributed by atoms with E-state index in [0.29, 0.717) is 30.6 Å². The van der Waals surface area contributed by atoms with Gasteiger partial charge in [0.25, 0.3) is 0 Å². The quantitative estimate of drug-likeness (QED) is 0.767. The lowest BCUT2D eigenvalue weighted by atomic mass is 10.1. The van der Waals surface area contributed by atoms with Crippen molar-refractivity contribution >= 4 is 23.8 Å². The number of hydrogen-bond donors (Lipinski definition) is 1. The smallest absolute Gasteiger partial charge is 0.407 e. The SMILES string of the molecule is O=C(O)N1CCN(Cc2ccc(C=CCOc3ccc(Cl)nc3)cc2)CC1. The molecule has 2 aromatic rings. The largest absolute Gasteiger partial charge is 0.488 e. The molecule has 0 bridgehead atoms. The van der Waals surface area contributed by atoms with Gasteiger partial charge in [0.05, 0.1) is 6.20 Å². The highest BCUT2D eigenvalue weighted by Gasteiger charge is 2.20. The van der Waals surface area contributed by atoms with Crippen molar-refractivity contribution in [3.8, 4) is 5.75 Å². The molecule has 7 heteroatoms. The minimum atomic E-state index is -0.831. The minimum Gasteiger partial charge on any atom is -0.488 e. The van der Waals surface area contributed by atoms with Gasteiger partial charge in [0.15, 0.2) is 0 Å². The highest BCUT2D eigenvalue weighted by atomic mass is 35.5. The number of rotatable bonds is 6. The van der Waals surface area contributed by atoms with Crippen molar-refractivity contribution in [2.45, 2.75) is 6.54 Å². The zero-order valence-corrected chi connectivity index (χ0v) is 15.7. The Morgan fingerprint density at radius 2 is 1.89 bits per heavy atom. The fourth-order valence-corrected chi connectivity index (χ4v) is 2.98. The number of pyridine rings is 1. The van der Waals surface area contributed by atoms with Gasteiger partial charge < -0.3 is 14.7 Å². The highest BCUT2D eigenvalue weighted by molar-refractivity contribution is 6.29. The molecule has 1 amide bonds. The van der Waals surface area contributed by atoms with Gasteiger partial charge in [-0.3, -0.25) is 4.90 Å². The Hall–Kier alpha value is -2.57. The summed E-state index contributed by atoms with van der Waals surface area (Å²) in [6.45, 7) is 3.97. The van der Waals surface area contributed by atoms with E-state index in [9.17, 15) is 4.79 Å². The van der Waals surface area contributed by atoms with Crippen LogP contribution in [0, 0.1) is 0 Å². The van der Waals surface area contributed by atoms with E-state index in [4.69, 9.17) is 21.4 Å². The molecule has 0 atom stereocenters. The number of piperazine rings is 1. The Bertz CT molecular complexity index is 770. The molecule has 6 nitrogen and oxygen atoms in total. The molecule has 0 spiro atoms. The van der Waals surface area contributed by atoms with Crippen molar-refractivity contribution in [2.75, 3.05) is 32.8 Å². The first kappa shape index (κ1) is 19.2. The van der Waals surface area contributed by atoms with Gasteiger partial charge in [0, 0.05) is 32.7 Å². The van der Waals surface area contributed by atoms with Crippen LogP contribution in [0.2, 0.25) is 5.15 Å². The molecule has 0 saturated carbocycles. The van der Waals surface area contributed by atoms with Crippen LogP contribution in [0.15, 0.2) is 48.7 Å². The van der Waals surface area contributed by atoms with Crippen molar-refractivity contribution in [2.24, 2.45) is 0 Å². The Morgan fingerprint density at radius 1 is 1.15 bits per heavy atom. The van der Waals surface area contributed by atoms with E-state index in [1.54, 1.807) is 18.3 Å². The molecule has 2 heterocycles. The van der Waals surface area contributed by atoms with Crippen LogP contribution in [-0.2, 0) is 6.54 Å². The molecule has 0 aliphatic carbocycles. The summed E-state index contributed by atoms with van der Waals surface area (Å²) in [5.41, 5.74) is 2.33. The van der Waals surface area contributed by atoms with Gasteiger partial charge in [-0.2, -0.15) is 0 Å². The summed E-state index contributed by atoms with van der Waals surface area (Å²) >= 11 is 5.74. The number of hydrogen-bond acceptors (Lipinski definition) is 4. The van der Waals surface area contributed by atoms with Gasteiger partial charge in [0.2, 0.25) is 0 Å². The van der Waals surface area contributed by atoms with Gasteiger partial charge in [-0.1, -0.05) is 41.9 Å². The molecule has 1 fully saturated rings. The Labute approximate surface area is 163 Å². The molecule has 1 N–H and O–H groups in total. The molecule has 3 rings (SSSR count). The van der Waals surface area contributed by atoms with Crippen molar-refractivity contribution in [1.29, 1.82) is 0 Å². The molecule has 0 radical (unpaired) electrons. The zero-order chi connectivity index (χ0) is 19.1. The second-order valence-electron chi connectivity index (χ2n) is 6.32. The van der Waals surface area contributed by atoms with Gasteiger partial charge in [0.1, 0.15) is 17.5 Å². The molecule has 1 aromatic heterocycles. The molecule has 1 aliphatic heterocycles. The summed E-state index contributed by atoms with van der Waals surface area (Å²) < 4.78 is 5.57. The minimum absolute atomic E-state index is 0.446. The third kappa shape index (κ3) is 5.98. The summed E-state index contributed by atoms with van der Waals surface area (Å²) in [5.74, 6) is 0.683. The van der Waals surface area contributed by atoms with Crippen molar-refractivity contribution in [3.05, 3.63) is 65.0 Å². The maximum Gasteiger partial charge on any atom is 0.407 e. The molecule has 142 valence electrons. The standard InChI is InChI=1S/C20H22ClN3O3/c21-19-8-7-18(14-22-19)27-13-1-2-16-3-5-17(6-4-16)15-23-9-11-24(12-10-23)20(25)26/h1-8,14H,9-13,15H2,(H,25,26). The Kier molecular flexibility index (Phi) is 6.68. The van der Waals surface area contributed by atoms with Crippen LogP contribution in [0.25, 0.3) is 6.08 Å². The van der Waals surface area contributed by atoms with Crippen LogP contribution < -0.4 is 4.74 Å². The first-order valence-electron chi connectivity index (χ1n) is 8.80. The number of amides is 1. The third-order valence-electron chi connectivity index (χ3n) is 4.39. The van der Waals surface area contributed by atoms with Crippen LogP contribution in [0.4, 0.5) is 4.79 Å². The average Bonchev–Trinajstić information content (AvgIpc) is 2.68. The topological polar surface area (TPSA) is 65.9 Å². The lowest BCUT2D eigenvalue weighted by molar-refractivity contribution is 0.103. The summed E-state index contributed by atoms with van der Waals surface area (Å²) in [4.78, 5) is 18.7. The third-order valence-corrected chi connectivity index (χ3v) is 4.61. The first-order chi connectivity index (χ1) is 13.1.